The lowest BCUT2D eigenvalue weighted by Gasteiger charge is -2.19. The summed E-state index contributed by atoms with van der Waals surface area (Å²) in [7, 11) is 0. The van der Waals surface area contributed by atoms with E-state index in [0.717, 1.165) is 12.8 Å². The topological polar surface area (TPSA) is 65.2 Å². The minimum absolute atomic E-state index is 0.277. The SMILES string of the molecule is O/N=C(\C=N\O)C1CCCCC1. The van der Waals surface area contributed by atoms with Crippen LogP contribution in [0.1, 0.15) is 32.1 Å². The van der Waals surface area contributed by atoms with Crippen LogP contribution in [-0.4, -0.2) is 22.3 Å². The van der Waals surface area contributed by atoms with Crippen molar-refractivity contribution in [2.75, 3.05) is 0 Å². The molecule has 0 aromatic rings. The first-order valence-corrected chi connectivity index (χ1v) is 4.28. The fourth-order valence-corrected chi connectivity index (χ4v) is 1.67. The van der Waals surface area contributed by atoms with Crippen molar-refractivity contribution in [1.29, 1.82) is 0 Å². The highest BCUT2D eigenvalue weighted by molar-refractivity contribution is 6.31. The summed E-state index contributed by atoms with van der Waals surface area (Å²) in [6.45, 7) is 0. The zero-order valence-corrected chi connectivity index (χ0v) is 6.98. The average molecular weight is 170 g/mol. The number of nitrogens with zero attached hydrogens (tertiary/aromatic N) is 2. The maximum absolute atomic E-state index is 8.59. The molecule has 68 valence electrons. The van der Waals surface area contributed by atoms with Crippen LogP contribution < -0.4 is 0 Å². The fourth-order valence-electron chi connectivity index (χ4n) is 1.67. The second-order valence-electron chi connectivity index (χ2n) is 3.10. The van der Waals surface area contributed by atoms with Gasteiger partial charge in [0.05, 0.1) is 6.21 Å². The van der Waals surface area contributed by atoms with E-state index in [-0.39, 0.29) is 5.92 Å². The van der Waals surface area contributed by atoms with Crippen LogP contribution >= 0.6 is 0 Å². The van der Waals surface area contributed by atoms with E-state index in [1.54, 1.807) is 0 Å². The zero-order chi connectivity index (χ0) is 8.81. The van der Waals surface area contributed by atoms with Crippen molar-refractivity contribution in [3.63, 3.8) is 0 Å². The van der Waals surface area contributed by atoms with Gasteiger partial charge in [-0.3, -0.25) is 0 Å². The molecule has 1 fully saturated rings. The molecule has 2 N–H and O–H groups in total. The molecular formula is C8H14N2O2. The molecule has 0 aromatic carbocycles. The molecule has 4 heteroatoms. The van der Waals surface area contributed by atoms with Crippen molar-refractivity contribution in [2.45, 2.75) is 32.1 Å². The molecule has 1 saturated carbocycles. The third-order valence-electron chi connectivity index (χ3n) is 2.33. The number of rotatable bonds is 2. The van der Waals surface area contributed by atoms with Crippen molar-refractivity contribution in [3.8, 4) is 0 Å². The van der Waals surface area contributed by atoms with Gasteiger partial charge in [0.15, 0.2) is 0 Å². The third kappa shape index (κ3) is 2.22. The van der Waals surface area contributed by atoms with E-state index in [1.807, 2.05) is 0 Å². The Balaban J connectivity index is 2.52. The summed E-state index contributed by atoms with van der Waals surface area (Å²) in [5.41, 5.74) is 0.497. The fraction of sp³-hybridized carbons (Fsp3) is 0.750. The van der Waals surface area contributed by atoms with Gasteiger partial charge in [-0.25, -0.2) is 0 Å². The zero-order valence-electron chi connectivity index (χ0n) is 6.98. The first kappa shape index (κ1) is 9.03. The largest absolute Gasteiger partial charge is 0.411 e. The van der Waals surface area contributed by atoms with Crippen molar-refractivity contribution >= 4 is 11.9 Å². The van der Waals surface area contributed by atoms with Crippen LogP contribution in [0.2, 0.25) is 0 Å². The Morgan fingerprint density at radius 3 is 2.33 bits per heavy atom. The van der Waals surface area contributed by atoms with Crippen LogP contribution in [0, 0.1) is 5.92 Å². The molecule has 0 unspecified atom stereocenters. The molecule has 0 heterocycles. The highest BCUT2D eigenvalue weighted by Gasteiger charge is 2.18. The summed E-state index contributed by atoms with van der Waals surface area (Å²) >= 11 is 0. The van der Waals surface area contributed by atoms with Crippen LogP contribution in [0.3, 0.4) is 0 Å². The molecule has 0 amide bonds. The maximum atomic E-state index is 8.59. The highest BCUT2D eigenvalue weighted by Crippen LogP contribution is 2.24. The molecule has 12 heavy (non-hydrogen) atoms. The number of hydrogen-bond acceptors (Lipinski definition) is 4. The lowest BCUT2D eigenvalue weighted by molar-refractivity contribution is 0.308. The maximum Gasteiger partial charge on any atom is 0.104 e. The molecule has 4 nitrogen and oxygen atoms in total. The lowest BCUT2D eigenvalue weighted by atomic mass is 9.86. The van der Waals surface area contributed by atoms with Gasteiger partial charge in [-0.1, -0.05) is 29.6 Å². The summed E-state index contributed by atoms with van der Waals surface area (Å²) in [5.74, 6) is 0.277. The van der Waals surface area contributed by atoms with Gasteiger partial charge >= 0.3 is 0 Å². The quantitative estimate of drug-likeness (QED) is 0.377. The van der Waals surface area contributed by atoms with Crippen LogP contribution in [0.4, 0.5) is 0 Å². The summed E-state index contributed by atoms with van der Waals surface area (Å²) in [6.07, 6.45) is 6.88. The lowest BCUT2D eigenvalue weighted by Crippen LogP contribution is -2.19. The first-order chi connectivity index (χ1) is 5.88. The Labute approximate surface area is 71.6 Å². The van der Waals surface area contributed by atoms with Gasteiger partial charge in [0.25, 0.3) is 0 Å². The van der Waals surface area contributed by atoms with Crippen molar-refractivity contribution in [3.05, 3.63) is 0 Å². The molecule has 1 aliphatic carbocycles. The van der Waals surface area contributed by atoms with Gasteiger partial charge in [-0.15, -0.1) is 0 Å². The predicted octanol–water partition coefficient (Wildman–Crippen LogP) is 1.86. The predicted molar refractivity (Wildman–Crippen MR) is 46.1 cm³/mol. The monoisotopic (exact) mass is 170 g/mol. The normalized spacial score (nSPS) is 21.8. The van der Waals surface area contributed by atoms with Crippen LogP contribution in [0.25, 0.3) is 0 Å². The number of hydrogen-bond donors (Lipinski definition) is 2. The van der Waals surface area contributed by atoms with E-state index in [1.165, 1.54) is 25.5 Å². The van der Waals surface area contributed by atoms with E-state index >= 15 is 0 Å². The van der Waals surface area contributed by atoms with E-state index in [0.29, 0.717) is 5.71 Å². The van der Waals surface area contributed by atoms with E-state index < -0.39 is 0 Å². The molecule has 0 atom stereocenters. The molecule has 0 bridgehead atoms. The highest BCUT2D eigenvalue weighted by atomic mass is 16.4. The van der Waals surface area contributed by atoms with Crippen LogP contribution in [0.5, 0.6) is 0 Å². The van der Waals surface area contributed by atoms with Gasteiger partial charge in [-0.2, -0.15) is 0 Å². The molecule has 1 aliphatic rings. The Morgan fingerprint density at radius 2 is 1.83 bits per heavy atom. The molecular weight excluding hydrogens is 156 g/mol. The minimum Gasteiger partial charge on any atom is -0.411 e. The van der Waals surface area contributed by atoms with E-state index in [2.05, 4.69) is 10.3 Å². The second kappa shape index (κ2) is 4.74. The van der Waals surface area contributed by atoms with Gasteiger partial charge < -0.3 is 10.4 Å². The molecule has 1 rings (SSSR count). The molecule has 0 saturated heterocycles. The standard InChI is InChI=1S/C8H14N2O2/c11-9-6-8(10-12)7-4-2-1-3-5-7/h6-7,11-12H,1-5H2/b9-6+,10-8+. The van der Waals surface area contributed by atoms with Crippen molar-refractivity contribution in [1.82, 2.24) is 0 Å². The smallest absolute Gasteiger partial charge is 0.104 e. The third-order valence-corrected chi connectivity index (χ3v) is 2.33. The minimum atomic E-state index is 0.277. The van der Waals surface area contributed by atoms with Crippen LogP contribution in [-0.2, 0) is 0 Å². The summed E-state index contributed by atoms with van der Waals surface area (Å²) < 4.78 is 0. The Hall–Kier alpha value is -1.06. The Bertz CT molecular complexity index is 183. The van der Waals surface area contributed by atoms with Crippen LogP contribution in [0.15, 0.2) is 10.3 Å². The average Bonchev–Trinajstić information content (AvgIpc) is 2.15. The van der Waals surface area contributed by atoms with Gasteiger partial charge in [-0.05, 0) is 12.8 Å². The summed E-state index contributed by atoms with van der Waals surface area (Å²) in [4.78, 5) is 0. The summed E-state index contributed by atoms with van der Waals surface area (Å²) in [5, 5.41) is 22.8. The van der Waals surface area contributed by atoms with Gasteiger partial charge in [0.2, 0.25) is 0 Å². The van der Waals surface area contributed by atoms with Crippen molar-refractivity contribution < 1.29 is 10.4 Å². The Morgan fingerprint density at radius 1 is 1.17 bits per heavy atom. The van der Waals surface area contributed by atoms with Crippen molar-refractivity contribution in [2.24, 2.45) is 16.2 Å². The van der Waals surface area contributed by atoms with Gasteiger partial charge in [0.1, 0.15) is 5.71 Å². The number of oxime groups is 2. The molecule has 0 spiro atoms. The molecule has 0 aliphatic heterocycles. The first-order valence-electron chi connectivity index (χ1n) is 4.28. The Kier molecular flexibility index (Phi) is 3.57. The van der Waals surface area contributed by atoms with Gasteiger partial charge in [0, 0.05) is 5.92 Å². The summed E-state index contributed by atoms with van der Waals surface area (Å²) in [6, 6.07) is 0. The molecule has 0 radical (unpaired) electrons. The second-order valence-corrected chi connectivity index (χ2v) is 3.10. The van der Waals surface area contributed by atoms with E-state index in [9.17, 15) is 0 Å². The van der Waals surface area contributed by atoms with E-state index in [4.69, 9.17) is 10.4 Å². The molecule has 0 aromatic heterocycles.